The lowest BCUT2D eigenvalue weighted by Gasteiger charge is -2.05. The van der Waals surface area contributed by atoms with Crippen molar-refractivity contribution in [3.63, 3.8) is 0 Å². The second-order valence-corrected chi connectivity index (χ2v) is 5.29. The number of fused-ring (bicyclic) bond motifs is 1. The summed E-state index contributed by atoms with van der Waals surface area (Å²) in [5, 5.41) is 12.7. The largest absolute Gasteiger partial charge is 0.388 e. The van der Waals surface area contributed by atoms with Gasteiger partial charge in [-0.3, -0.25) is 0 Å². The zero-order valence-electron chi connectivity index (χ0n) is 10.7. The molecule has 2 aromatic heterocycles. The van der Waals surface area contributed by atoms with Gasteiger partial charge < -0.3 is 9.67 Å². The third-order valence-corrected chi connectivity index (χ3v) is 4.14. The summed E-state index contributed by atoms with van der Waals surface area (Å²) in [5.74, 6) is 0.687. The van der Waals surface area contributed by atoms with Crippen molar-refractivity contribution in [2.45, 2.75) is 26.5 Å². The van der Waals surface area contributed by atoms with Crippen LogP contribution in [0.1, 0.15) is 23.4 Å². The third-order valence-electron chi connectivity index (χ3n) is 3.10. The zero-order chi connectivity index (χ0) is 13.2. The van der Waals surface area contributed by atoms with E-state index in [1.807, 2.05) is 28.8 Å². The number of hydrogen-bond acceptors (Lipinski definition) is 4. The first-order valence-corrected chi connectivity index (χ1v) is 7.18. The van der Waals surface area contributed by atoms with Gasteiger partial charge in [-0.25, -0.2) is 9.97 Å². The predicted octanol–water partition coefficient (Wildman–Crippen LogP) is 2.60. The standard InChI is InChI=1S/C14H15N3OS/c1-2-14-15-10(9-19-14)7-17-12-6-4-3-5-11(12)16-13(17)8-18/h3-6,9,18H,2,7-8H2,1H3. The molecule has 0 saturated heterocycles. The monoisotopic (exact) mass is 273 g/mol. The van der Waals surface area contributed by atoms with Gasteiger partial charge in [0, 0.05) is 5.38 Å². The number of benzene rings is 1. The minimum absolute atomic E-state index is 0.0561. The summed E-state index contributed by atoms with van der Waals surface area (Å²) < 4.78 is 2.03. The fourth-order valence-corrected chi connectivity index (χ4v) is 2.90. The summed E-state index contributed by atoms with van der Waals surface area (Å²) in [4.78, 5) is 9.02. The van der Waals surface area contributed by atoms with Gasteiger partial charge >= 0.3 is 0 Å². The van der Waals surface area contributed by atoms with Crippen molar-refractivity contribution in [3.8, 4) is 0 Å². The Hall–Kier alpha value is -1.72. The van der Waals surface area contributed by atoms with Gasteiger partial charge in [-0.05, 0) is 18.6 Å². The van der Waals surface area contributed by atoms with Crippen LogP contribution in [-0.2, 0) is 19.6 Å². The Morgan fingerprint density at radius 1 is 1.26 bits per heavy atom. The van der Waals surface area contributed by atoms with E-state index in [2.05, 4.69) is 22.3 Å². The molecule has 3 rings (SSSR count). The van der Waals surface area contributed by atoms with Gasteiger partial charge in [0.1, 0.15) is 12.4 Å². The molecule has 0 unspecified atom stereocenters. The molecule has 3 aromatic rings. The highest BCUT2D eigenvalue weighted by Gasteiger charge is 2.11. The zero-order valence-corrected chi connectivity index (χ0v) is 11.5. The summed E-state index contributed by atoms with van der Waals surface area (Å²) in [5.41, 5.74) is 2.98. The van der Waals surface area contributed by atoms with E-state index in [1.165, 1.54) is 0 Å². The maximum absolute atomic E-state index is 9.45. The molecule has 0 bridgehead atoms. The van der Waals surface area contributed by atoms with Crippen LogP contribution >= 0.6 is 11.3 Å². The average Bonchev–Trinajstić information content (AvgIpc) is 3.04. The molecule has 0 saturated carbocycles. The van der Waals surface area contributed by atoms with Crippen molar-refractivity contribution in [2.75, 3.05) is 0 Å². The minimum atomic E-state index is -0.0561. The first-order valence-electron chi connectivity index (χ1n) is 6.30. The average molecular weight is 273 g/mol. The van der Waals surface area contributed by atoms with Gasteiger partial charge in [-0.2, -0.15) is 0 Å². The number of imidazole rings is 1. The molecule has 0 aliphatic rings. The van der Waals surface area contributed by atoms with E-state index in [1.54, 1.807) is 11.3 Å². The minimum Gasteiger partial charge on any atom is -0.388 e. The summed E-state index contributed by atoms with van der Waals surface area (Å²) >= 11 is 1.68. The number of aliphatic hydroxyl groups excluding tert-OH is 1. The van der Waals surface area contributed by atoms with E-state index < -0.39 is 0 Å². The Bertz CT molecular complexity index is 702. The Kier molecular flexibility index (Phi) is 3.31. The number of aryl methyl sites for hydroxylation is 1. The van der Waals surface area contributed by atoms with Gasteiger partial charge in [0.15, 0.2) is 0 Å². The van der Waals surface area contributed by atoms with Crippen LogP contribution in [0.5, 0.6) is 0 Å². The predicted molar refractivity (Wildman–Crippen MR) is 76.2 cm³/mol. The number of aliphatic hydroxyl groups is 1. The van der Waals surface area contributed by atoms with E-state index in [9.17, 15) is 5.11 Å². The van der Waals surface area contributed by atoms with E-state index in [4.69, 9.17) is 0 Å². The summed E-state index contributed by atoms with van der Waals surface area (Å²) in [7, 11) is 0. The van der Waals surface area contributed by atoms with Crippen molar-refractivity contribution < 1.29 is 5.11 Å². The Balaban J connectivity index is 2.03. The second kappa shape index (κ2) is 5.11. The molecule has 0 aliphatic heterocycles. The summed E-state index contributed by atoms with van der Waals surface area (Å²) in [6.45, 7) is 2.71. The molecule has 0 amide bonds. The maximum atomic E-state index is 9.45. The topological polar surface area (TPSA) is 50.9 Å². The van der Waals surface area contributed by atoms with Crippen molar-refractivity contribution in [1.82, 2.24) is 14.5 Å². The van der Waals surface area contributed by atoms with E-state index in [0.29, 0.717) is 12.4 Å². The highest BCUT2D eigenvalue weighted by molar-refractivity contribution is 7.09. The molecule has 1 aromatic carbocycles. The number of hydrogen-bond donors (Lipinski definition) is 1. The molecular weight excluding hydrogens is 258 g/mol. The van der Waals surface area contributed by atoms with E-state index in [-0.39, 0.29) is 6.61 Å². The quantitative estimate of drug-likeness (QED) is 0.795. The van der Waals surface area contributed by atoms with Gasteiger partial charge in [-0.1, -0.05) is 19.1 Å². The lowest BCUT2D eigenvalue weighted by atomic mass is 10.3. The van der Waals surface area contributed by atoms with Crippen molar-refractivity contribution in [1.29, 1.82) is 0 Å². The number of aromatic nitrogens is 3. The highest BCUT2D eigenvalue weighted by Crippen LogP contribution is 2.19. The highest BCUT2D eigenvalue weighted by atomic mass is 32.1. The van der Waals surface area contributed by atoms with Crippen molar-refractivity contribution >= 4 is 22.4 Å². The first-order chi connectivity index (χ1) is 9.31. The number of nitrogens with zero attached hydrogens (tertiary/aromatic N) is 3. The van der Waals surface area contributed by atoms with Crippen LogP contribution in [0.25, 0.3) is 11.0 Å². The number of rotatable bonds is 4. The van der Waals surface area contributed by atoms with E-state index >= 15 is 0 Å². The normalized spacial score (nSPS) is 11.3. The fourth-order valence-electron chi connectivity index (χ4n) is 2.17. The molecule has 98 valence electrons. The lowest BCUT2D eigenvalue weighted by Crippen LogP contribution is -2.05. The Morgan fingerprint density at radius 2 is 2.11 bits per heavy atom. The van der Waals surface area contributed by atoms with Crippen molar-refractivity contribution in [3.05, 3.63) is 46.2 Å². The van der Waals surface area contributed by atoms with Crippen LogP contribution in [0.4, 0.5) is 0 Å². The summed E-state index contributed by atoms with van der Waals surface area (Å²) in [6, 6.07) is 7.93. The molecule has 0 atom stereocenters. The summed E-state index contributed by atoms with van der Waals surface area (Å²) in [6.07, 6.45) is 0.961. The molecule has 2 heterocycles. The molecular formula is C14H15N3OS. The van der Waals surface area contributed by atoms with Gasteiger partial charge in [0.25, 0.3) is 0 Å². The lowest BCUT2D eigenvalue weighted by molar-refractivity contribution is 0.267. The van der Waals surface area contributed by atoms with Crippen LogP contribution in [0.15, 0.2) is 29.6 Å². The molecule has 5 heteroatoms. The fraction of sp³-hybridized carbons (Fsp3) is 0.286. The molecule has 19 heavy (non-hydrogen) atoms. The maximum Gasteiger partial charge on any atom is 0.136 e. The van der Waals surface area contributed by atoms with Gasteiger partial charge in [-0.15, -0.1) is 11.3 Å². The number of para-hydroxylation sites is 2. The van der Waals surface area contributed by atoms with Gasteiger partial charge in [0.05, 0.1) is 28.3 Å². The SMILES string of the molecule is CCc1nc(Cn2c(CO)nc3ccccc32)cs1. The van der Waals surface area contributed by atoms with Crippen LogP contribution in [-0.4, -0.2) is 19.6 Å². The molecule has 4 nitrogen and oxygen atoms in total. The smallest absolute Gasteiger partial charge is 0.136 e. The van der Waals surface area contributed by atoms with Crippen LogP contribution < -0.4 is 0 Å². The third kappa shape index (κ3) is 2.27. The first kappa shape index (κ1) is 12.3. The molecule has 0 spiro atoms. The second-order valence-electron chi connectivity index (χ2n) is 4.35. The van der Waals surface area contributed by atoms with Crippen LogP contribution in [0.2, 0.25) is 0 Å². The molecule has 1 N–H and O–H groups in total. The molecule has 0 radical (unpaired) electrons. The molecule has 0 aliphatic carbocycles. The number of thiazole rings is 1. The Labute approximate surface area is 115 Å². The Morgan fingerprint density at radius 3 is 2.84 bits per heavy atom. The van der Waals surface area contributed by atoms with Gasteiger partial charge in [0.2, 0.25) is 0 Å². The van der Waals surface area contributed by atoms with E-state index in [0.717, 1.165) is 28.2 Å². The van der Waals surface area contributed by atoms with Crippen molar-refractivity contribution in [2.24, 2.45) is 0 Å². The van der Waals surface area contributed by atoms with Crippen LogP contribution in [0, 0.1) is 0 Å². The molecule has 0 fully saturated rings. The van der Waals surface area contributed by atoms with Crippen LogP contribution in [0.3, 0.4) is 0 Å².